The van der Waals surface area contributed by atoms with Crippen molar-refractivity contribution in [3.05, 3.63) is 24.3 Å². The average Bonchev–Trinajstić information content (AvgIpc) is 2.30. The Hall–Kier alpha value is -0.550. The van der Waals surface area contributed by atoms with Crippen molar-refractivity contribution in [1.29, 1.82) is 0 Å². The summed E-state index contributed by atoms with van der Waals surface area (Å²) in [4.78, 5) is 0. The van der Waals surface area contributed by atoms with Gasteiger partial charge in [-0.05, 0) is 12.5 Å². The molecule has 0 spiro atoms. The largest absolute Gasteiger partial charge is 0.493 e. The first-order chi connectivity index (χ1) is 7.84. The van der Waals surface area contributed by atoms with Crippen molar-refractivity contribution in [1.82, 2.24) is 0 Å². The van der Waals surface area contributed by atoms with Crippen molar-refractivity contribution in [3.8, 4) is 5.75 Å². The molecule has 90 valence electrons. The predicted octanol–water partition coefficient (Wildman–Crippen LogP) is 3.93. The molecule has 0 radical (unpaired) electrons. The highest BCUT2D eigenvalue weighted by molar-refractivity contribution is 7.27. The molecule has 1 nitrogen and oxygen atoms in total. The predicted molar refractivity (Wildman–Crippen MR) is 74.7 cm³/mol. The summed E-state index contributed by atoms with van der Waals surface area (Å²) in [6.07, 6.45) is 7.87. The SMILES string of the molecule is CCCCCCCCOc1ccccc1P. The zero-order chi connectivity index (χ0) is 11.6. The van der Waals surface area contributed by atoms with Crippen molar-refractivity contribution in [2.75, 3.05) is 6.61 Å². The van der Waals surface area contributed by atoms with Crippen LogP contribution in [0.25, 0.3) is 0 Å². The fourth-order valence-corrected chi connectivity index (χ4v) is 1.97. The van der Waals surface area contributed by atoms with E-state index in [0.717, 1.165) is 17.7 Å². The van der Waals surface area contributed by atoms with E-state index in [1.54, 1.807) is 0 Å². The normalized spacial score (nSPS) is 10.4. The zero-order valence-electron chi connectivity index (χ0n) is 10.2. The van der Waals surface area contributed by atoms with Crippen LogP contribution in [0.15, 0.2) is 24.3 Å². The summed E-state index contributed by atoms with van der Waals surface area (Å²) in [5, 5.41) is 1.15. The quantitative estimate of drug-likeness (QED) is 0.492. The van der Waals surface area contributed by atoms with Gasteiger partial charge in [-0.2, -0.15) is 0 Å². The Morgan fingerprint density at radius 3 is 2.44 bits per heavy atom. The molecule has 1 atom stereocenters. The molecule has 0 fully saturated rings. The van der Waals surface area contributed by atoms with E-state index in [-0.39, 0.29) is 0 Å². The van der Waals surface area contributed by atoms with Crippen molar-refractivity contribution >= 4 is 14.5 Å². The number of unbranched alkanes of at least 4 members (excludes halogenated alkanes) is 5. The molecule has 1 rings (SSSR count). The van der Waals surface area contributed by atoms with Crippen LogP contribution in [0, 0.1) is 0 Å². The average molecular weight is 238 g/mol. The van der Waals surface area contributed by atoms with E-state index in [1.165, 1.54) is 38.5 Å². The summed E-state index contributed by atoms with van der Waals surface area (Å²) in [6.45, 7) is 3.09. The van der Waals surface area contributed by atoms with Gasteiger partial charge < -0.3 is 4.74 Å². The van der Waals surface area contributed by atoms with Gasteiger partial charge in [-0.3, -0.25) is 0 Å². The van der Waals surface area contributed by atoms with Crippen LogP contribution in [0.4, 0.5) is 0 Å². The number of benzene rings is 1. The van der Waals surface area contributed by atoms with Crippen molar-refractivity contribution in [3.63, 3.8) is 0 Å². The molecule has 0 amide bonds. The van der Waals surface area contributed by atoms with Crippen LogP contribution in [0.5, 0.6) is 5.75 Å². The second-order valence-electron chi connectivity index (χ2n) is 4.15. The maximum atomic E-state index is 5.72. The van der Waals surface area contributed by atoms with Crippen LogP contribution in [-0.4, -0.2) is 6.61 Å². The van der Waals surface area contributed by atoms with Crippen LogP contribution in [0.2, 0.25) is 0 Å². The third-order valence-corrected chi connectivity index (χ3v) is 3.15. The van der Waals surface area contributed by atoms with Crippen molar-refractivity contribution in [2.24, 2.45) is 0 Å². The van der Waals surface area contributed by atoms with Crippen molar-refractivity contribution < 1.29 is 4.74 Å². The van der Waals surface area contributed by atoms with Crippen LogP contribution < -0.4 is 10.0 Å². The lowest BCUT2D eigenvalue weighted by molar-refractivity contribution is 0.307. The minimum absolute atomic E-state index is 0.845. The molecule has 16 heavy (non-hydrogen) atoms. The third-order valence-electron chi connectivity index (χ3n) is 2.67. The standard InChI is InChI=1S/C14H23OP/c1-2-3-4-5-6-9-12-15-13-10-7-8-11-14(13)16/h7-8,10-11H,2-6,9,12,16H2,1H3. The molecule has 0 bridgehead atoms. The highest BCUT2D eigenvalue weighted by Gasteiger charge is 1.97. The van der Waals surface area contributed by atoms with Crippen LogP contribution in [-0.2, 0) is 0 Å². The molecule has 0 N–H and O–H groups in total. The molecule has 0 aliphatic rings. The number of para-hydroxylation sites is 1. The number of ether oxygens (including phenoxy) is 1. The second-order valence-corrected chi connectivity index (χ2v) is 4.78. The molecular formula is C14H23OP. The number of rotatable bonds is 8. The van der Waals surface area contributed by atoms with Gasteiger partial charge >= 0.3 is 0 Å². The number of hydrogen-bond acceptors (Lipinski definition) is 1. The summed E-state index contributed by atoms with van der Waals surface area (Å²) in [6, 6.07) is 8.13. The van der Waals surface area contributed by atoms with Crippen molar-refractivity contribution in [2.45, 2.75) is 45.4 Å². The molecule has 0 heterocycles. The molecule has 0 saturated carbocycles. The maximum absolute atomic E-state index is 5.72. The highest BCUT2D eigenvalue weighted by Crippen LogP contribution is 2.11. The highest BCUT2D eigenvalue weighted by atomic mass is 31.0. The zero-order valence-corrected chi connectivity index (χ0v) is 11.4. The Bertz CT molecular complexity index is 286. The fourth-order valence-electron chi connectivity index (χ4n) is 1.68. The summed E-state index contributed by atoms with van der Waals surface area (Å²) >= 11 is 0. The minimum Gasteiger partial charge on any atom is -0.493 e. The van der Waals surface area contributed by atoms with E-state index < -0.39 is 0 Å². The van der Waals surface area contributed by atoms with E-state index in [9.17, 15) is 0 Å². The monoisotopic (exact) mass is 238 g/mol. The summed E-state index contributed by atoms with van der Waals surface area (Å²) in [7, 11) is 2.71. The lowest BCUT2D eigenvalue weighted by atomic mass is 10.1. The smallest absolute Gasteiger partial charge is 0.126 e. The Morgan fingerprint density at radius 1 is 1.00 bits per heavy atom. The van der Waals surface area contributed by atoms with Crippen LogP contribution in [0.3, 0.4) is 0 Å². The summed E-state index contributed by atoms with van der Waals surface area (Å²) < 4.78 is 5.72. The van der Waals surface area contributed by atoms with E-state index in [0.29, 0.717) is 0 Å². The fraction of sp³-hybridized carbons (Fsp3) is 0.571. The summed E-state index contributed by atoms with van der Waals surface area (Å²) in [5.41, 5.74) is 0. The van der Waals surface area contributed by atoms with E-state index >= 15 is 0 Å². The molecular weight excluding hydrogens is 215 g/mol. The van der Waals surface area contributed by atoms with Gasteiger partial charge in [0.25, 0.3) is 0 Å². The lowest BCUT2D eigenvalue weighted by Crippen LogP contribution is -2.03. The van der Waals surface area contributed by atoms with Gasteiger partial charge in [0.2, 0.25) is 0 Å². The first-order valence-electron chi connectivity index (χ1n) is 6.32. The van der Waals surface area contributed by atoms with E-state index in [1.807, 2.05) is 18.2 Å². The van der Waals surface area contributed by atoms with Gasteiger partial charge in [0, 0.05) is 5.30 Å². The Kier molecular flexibility index (Phi) is 7.25. The van der Waals surface area contributed by atoms with E-state index in [2.05, 4.69) is 22.2 Å². The molecule has 0 saturated heterocycles. The molecule has 1 aromatic rings. The van der Waals surface area contributed by atoms with Gasteiger partial charge in [-0.1, -0.05) is 57.2 Å². The van der Waals surface area contributed by atoms with E-state index in [4.69, 9.17) is 4.74 Å². The minimum atomic E-state index is 0.845. The molecule has 2 heteroatoms. The number of hydrogen-bond donors (Lipinski definition) is 0. The molecule has 0 aromatic heterocycles. The maximum Gasteiger partial charge on any atom is 0.126 e. The van der Waals surface area contributed by atoms with Crippen LogP contribution >= 0.6 is 9.24 Å². The lowest BCUT2D eigenvalue weighted by Gasteiger charge is -2.08. The Morgan fingerprint density at radius 2 is 1.69 bits per heavy atom. The van der Waals surface area contributed by atoms with Gasteiger partial charge in [-0.15, -0.1) is 9.24 Å². The molecule has 1 unspecified atom stereocenters. The first-order valence-corrected chi connectivity index (χ1v) is 6.89. The Labute approximate surface area is 102 Å². The molecule has 1 aromatic carbocycles. The topological polar surface area (TPSA) is 9.23 Å². The molecule has 0 aliphatic heterocycles. The van der Waals surface area contributed by atoms with Gasteiger partial charge in [0.05, 0.1) is 6.61 Å². The van der Waals surface area contributed by atoms with Gasteiger partial charge in [-0.25, -0.2) is 0 Å². The Balaban J connectivity index is 2.05. The van der Waals surface area contributed by atoms with Gasteiger partial charge in [0.15, 0.2) is 0 Å². The molecule has 0 aliphatic carbocycles. The second kappa shape index (κ2) is 8.58. The first kappa shape index (κ1) is 13.5. The van der Waals surface area contributed by atoms with Crippen LogP contribution in [0.1, 0.15) is 45.4 Å². The van der Waals surface area contributed by atoms with Gasteiger partial charge in [0.1, 0.15) is 5.75 Å². The summed E-state index contributed by atoms with van der Waals surface area (Å²) in [5.74, 6) is 1.00. The third kappa shape index (κ3) is 5.51.